The van der Waals surface area contributed by atoms with Crippen molar-refractivity contribution >= 4 is 0 Å². The molecule has 0 unspecified atom stereocenters. The van der Waals surface area contributed by atoms with Crippen LogP contribution in [0, 0.1) is 6.92 Å². The van der Waals surface area contributed by atoms with Gasteiger partial charge in [-0.25, -0.2) is 9.97 Å². The molecule has 0 amide bonds. The third-order valence-corrected chi connectivity index (χ3v) is 1.94. The first-order valence-electron chi connectivity index (χ1n) is 4.35. The highest BCUT2D eigenvalue weighted by Crippen LogP contribution is 2.25. The number of rotatable bonds is 1. The van der Waals surface area contributed by atoms with Crippen LogP contribution in [-0.2, 0) is 0 Å². The van der Waals surface area contributed by atoms with Crippen LogP contribution in [0.2, 0.25) is 0 Å². The van der Waals surface area contributed by atoms with Gasteiger partial charge in [0.2, 0.25) is 0 Å². The second-order valence-electron chi connectivity index (χ2n) is 3.02. The maximum atomic E-state index is 9.56. The topological polar surface area (TPSA) is 46.0 Å². The first-order chi connectivity index (χ1) is 6.77. The quantitative estimate of drug-likeness (QED) is 0.742. The number of aryl methyl sites for hydroxylation is 1. The summed E-state index contributed by atoms with van der Waals surface area (Å²) >= 11 is 0. The Morgan fingerprint density at radius 1 is 1.14 bits per heavy atom. The van der Waals surface area contributed by atoms with Crippen molar-refractivity contribution in [3.63, 3.8) is 0 Å². The summed E-state index contributed by atoms with van der Waals surface area (Å²) in [6, 6.07) is 9.55. The van der Waals surface area contributed by atoms with E-state index in [1.165, 1.54) is 6.20 Å². The maximum absolute atomic E-state index is 9.56. The molecule has 3 heteroatoms. The van der Waals surface area contributed by atoms with Crippen molar-refractivity contribution in [3.05, 3.63) is 42.4 Å². The first kappa shape index (κ1) is 8.69. The van der Waals surface area contributed by atoms with E-state index in [0.717, 1.165) is 5.56 Å². The van der Waals surface area contributed by atoms with Gasteiger partial charge in [0, 0.05) is 5.56 Å². The third kappa shape index (κ3) is 1.57. The number of nitrogens with zero attached hydrogens (tertiary/aromatic N) is 2. The van der Waals surface area contributed by atoms with Crippen LogP contribution in [0.1, 0.15) is 5.82 Å². The SMILES string of the molecule is Cc1ncc(O)c(-c2ccccc2)n1. The van der Waals surface area contributed by atoms with Gasteiger partial charge in [0.05, 0.1) is 6.20 Å². The minimum atomic E-state index is 0.113. The second kappa shape index (κ2) is 3.46. The zero-order chi connectivity index (χ0) is 9.97. The van der Waals surface area contributed by atoms with Crippen LogP contribution in [-0.4, -0.2) is 15.1 Å². The van der Waals surface area contributed by atoms with Crippen molar-refractivity contribution in [2.24, 2.45) is 0 Å². The Morgan fingerprint density at radius 3 is 2.57 bits per heavy atom. The van der Waals surface area contributed by atoms with Gasteiger partial charge in [-0.2, -0.15) is 0 Å². The van der Waals surface area contributed by atoms with Crippen molar-refractivity contribution in [3.8, 4) is 17.0 Å². The molecule has 70 valence electrons. The van der Waals surface area contributed by atoms with Gasteiger partial charge in [0.1, 0.15) is 11.5 Å². The Bertz CT molecular complexity index is 440. The van der Waals surface area contributed by atoms with E-state index in [1.807, 2.05) is 30.3 Å². The van der Waals surface area contributed by atoms with Crippen LogP contribution in [0.4, 0.5) is 0 Å². The molecule has 1 N–H and O–H groups in total. The van der Waals surface area contributed by atoms with Crippen molar-refractivity contribution in [1.29, 1.82) is 0 Å². The summed E-state index contributed by atoms with van der Waals surface area (Å²) in [5, 5.41) is 9.56. The number of aromatic hydroxyl groups is 1. The minimum Gasteiger partial charge on any atom is -0.504 e. The molecule has 0 radical (unpaired) electrons. The van der Waals surface area contributed by atoms with Gasteiger partial charge >= 0.3 is 0 Å². The number of benzene rings is 1. The van der Waals surface area contributed by atoms with Gasteiger partial charge in [0.25, 0.3) is 0 Å². The van der Waals surface area contributed by atoms with E-state index in [9.17, 15) is 5.11 Å². The highest BCUT2D eigenvalue weighted by Gasteiger charge is 2.05. The molecule has 1 aromatic carbocycles. The highest BCUT2D eigenvalue weighted by molar-refractivity contribution is 5.64. The van der Waals surface area contributed by atoms with E-state index in [4.69, 9.17) is 0 Å². The molecule has 2 rings (SSSR count). The summed E-state index contributed by atoms with van der Waals surface area (Å²) in [4.78, 5) is 8.09. The molecule has 0 aliphatic heterocycles. The molecule has 0 bridgehead atoms. The largest absolute Gasteiger partial charge is 0.504 e. The monoisotopic (exact) mass is 186 g/mol. The van der Waals surface area contributed by atoms with E-state index in [0.29, 0.717) is 11.5 Å². The van der Waals surface area contributed by atoms with Crippen molar-refractivity contribution in [2.45, 2.75) is 6.92 Å². The number of hydrogen-bond donors (Lipinski definition) is 1. The van der Waals surface area contributed by atoms with Gasteiger partial charge in [0.15, 0.2) is 5.75 Å². The summed E-state index contributed by atoms with van der Waals surface area (Å²) in [6.07, 6.45) is 1.42. The van der Waals surface area contributed by atoms with Crippen molar-refractivity contribution in [1.82, 2.24) is 9.97 Å². The van der Waals surface area contributed by atoms with E-state index >= 15 is 0 Å². The lowest BCUT2D eigenvalue weighted by molar-refractivity contribution is 0.471. The molecule has 0 aliphatic carbocycles. The average Bonchev–Trinajstić information content (AvgIpc) is 2.23. The Labute approximate surface area is 82.1 Å². The molecule has 0 aliphatic rings. The molecule has 0 saturated carbocycles. The van der Waals surface area contributed by atoms with Crippen LogP contribution in [0.25, 0.3) is 11.3 Å². The van der Waals surface area contributed by atoms with E-state index in [2.05, 4.69) is 9.97 Å². The van der Waals surface area contributed by atoms with Crippen molar-refractivity contribution in [2.75, 3.05) is 0 Å². The third-order valence-electron chi connectivity index (χ3n) is 1.94. The van der Waals surface area contributed by atoms with Gasteiger partial charge in [-0.05, 0) is 6.92 Å². The molecular weight excluding hydrogens is 176 g/mol. The molecule has 14 heavy (non-hydrogen) atoms. The molecular formula is C11H10N2O. The molecule has 3 nitrogen and oxygen atoms in total. The fourth-order valence-corrected chi connectivity index (χ4v) is 1.27. The maximum Gasteiger partial charge on any atom is 0.160 e. The van der Waals surface area contributed by atoms with E-state index in [1.54, 1.807) is 6.92 Å². The summed E-state index contributed by atoms with van der Waals surface area (Å²) in [6.45, 7) is 1.80. The second-order valence-corrected chi connectivity index (χ2v) is 3.02. The Morgan fingerprint density at radius 2 is 1.86 bits per heavy atom. The normalized spacial score (nSPS) is 10.1. The molecule has 2 aromatic rings. The van der Waals surface area contributed by atoms with Crippen LogP contribution < -0.4 is 0 Å². The first-order valence-corrected chi connectivity index (χ1v) is 4.35. The van der Waals surface area contributed by atoms with Crippen LogP contribution in [0.15, 0.2) is 36.5 Å². The fourth-order valence-electron chi connectivity index (χ4n) is 1.27. The lowest BCUT2D eigenvalue weighted by atomic mass is 10.1. The predicted molar refractivity (Wildman–Crippen MR) is 53.9 cm³/mol. The Hall–Kier alpha value is -1.90. The van der Waals surface area contributed by atoms with Gasteiger partial charge < -0.3 is 5.11 Å². The van der Waals surface area contributed by atoms with Gasteiger partial charge in [-0.15, -0.1) is 0 Å². The van der Waals surface area contributed by atoms with E-state index < -0.39 is 0 Å². The summed E-state index contributed by atoms with van der Waals surface area (Å²) in [5.41, 5.74) is 1.48. The highest BCUT2D eigenvalue weighted by atomic mass is 16.3. The van der Waals surface area contributed by atoms with Gasteiger partial charge in [-0.1, -0.05) is 30.3 Å². The molecule has 0 fully saturated rings. The summed E-state index contributed by atoms with van der Waals surface area (Å²) < 4.78 is 0. The molecule has 0 atom stereocenters. The summed E-state index contributed by atoms with van der Waals surface area (Å²) in [7, 11) is 0. The Kier molecular flexibility index (Phi) is 2.14. The number of aromatic nitrogens is 2. The van der Waals surface area contributed by atoms with Crippen LogP contribution in [0.5, 0.6) is 5.75 Å². The fraction of sp³-hybridized carbons (Fsp3) is 0.0909. The molecule has 0 saturated heterocycles. The van der Waals surface area contributed by atoms with Crippen molar-refractivity contribution < 1.29 is 5.11 Å². The zero-order valence-corrected chi connectivity index (χ0v) is 7.81. The lowest BCUT2D eigenvalue weighted by Crippen LogP contribution is -1.90. The molecule has 1 aromatic heterocycles. The zero-order valence-electron chi connectivity index (χ0n) is 7.81. The van der Waals surface area contributed by atoms with Crippen LogP contribution >= 0.6 is 0 Å². The smallest absolute Gasteiger partial charge is 0.160 e. The van der Waals surface area contributed by atoms with Gasteiger partial charge in [-0.3, -0.25) is 0 Å². The predicted octanol–water partition coefficient (Wildman–Crippen LogP) is 2.16. The lowest BCUT2D eigenvalue weighted by Gasteiger charge is -2.03. The Balaban J connectivity index is 2.57. The van der Waals surface area contributed by atoms with Crippen LogP contribution in [0.3, 0.4) is 0 Å². The average molecular weight is 186 g/mol. The minimum absolute atomic E-state index is 0.113. The standard InChI is InChI=1S/C11H10N2O/c1-8-12-7-10(14)11(13-8)9-5-3-2-4-6-9/h2-7,14H,1H3. The molecule has 1 heterocycles. The number of hydrogen-bond acceptors (Lipinski definition) is 3. The summed E-state index contributed by atoms with van der Waals surface area (Å²) in [5.74, 6) is 0.767. The molecule has 0 spiro atoms. The van der Waals surface area contributed by atoms with E-state index in [-0.39, 0.29) is 5.75 Å².